The van der Waals surface area contributed by atoms with Crippen LogP contribution in [-0.4, -0.2) is 45.5 Å². The van der Waals surface area contributed by atoms with E-state index in [1.165, 1.54) is 23.1 Å². The third-order valence-corrected chi connectivity index (χ3v) is 5.89. The van der Waals surface area contributed by atoms with E-state index in [-0.39, 0.29) is 0 Å². The Labute approximate surface area is 236 Å². The number of hydrogen-bond donors (Lipinski definition) is 2. The number of alkyl halides is 5. The zero-order valence-electron chi connectivity index (χ0n) is 21.8. The van der Waals surface area contributed by atoms with Crippen LogP contribution in [-0.2, 0) is 0 Å². The number of aryl methyl sites for hydroxylation is 2. The Balaban J connectivity index is 1.35. The molecule has 0 aliphatic rings. The molecule has 0 bridgehead atoms. The number of ether oxygens (including phenoxy) is 2. The second kappa shape index (κ2) is 11.9. The van der Waals surface area contributed by atoms with Crippen LogP contribution in [0.2, 0.25) is 0 Å². The average Bonchev–Trinajstić information content (AvgIpc) is 3.41. The van der Waals surface area contributed by atoms with Gasteiger partial charge in [-0.15, -0.1) is 5.10 Å². The number of aromatic nitrogens is 3. The number of hydrazone groups is 1. The summed E-state index contributed by atoms with van der Waals surface area (Å²) in [6.45, 7) is 3.89. The first-order valence-electron chi connectivity index (χ1n) is 11.9. The van der Waals surface area contributed by atoms with Crippen LogP contribution in [0.3, 0.4) is 0 Å². The molecule has 14 heteroatoms. The normalized spacial score (nSPS) is 11.9. The zero-order chi connectivity index (χ0) is 29.8. The minimum Gasteiger partial charge on any atom is -0.497 e. The van der Waals surface area contributed by atoms with Gasteiger partial charge in [0.1, 0.15) is 17.8 Å². The summed E-state index contributed by atoms with van der Waals surface area (Å²) >= 11 is 5.33. The molecule has 214 valence electrons. The summed E-state index contributed by atoms with van der Waals surface area (Å²) in [6, 6.07) is 15.5. The molecule has 0 radical (unpaired) electrons. The predicted molar refractivity (Wildman–Crippen MR) is 148 cm³/mol. The molecule has 0 saturated carbocycles. The molecule has 0 amide bonds. The van der Waals surface area contributed by atoms with Gasteiger partial charge in [-0.1, -0.05) is 24.3 Å². The Morgan fingerprint density at radius 1 is 0.951 bits per heavy atom. The van der Waals surface area contributed by atoms with E-state index in [4.69, 9.17) is 17.0 Å². The first kappa shape index (κ1) is 29.4. The van der Waals surface area contributed by atoms with Crippen LogP contribution in [0.15, 0.2) is 72.1 Å². The minimum atomic E-state index is -5.83. The van der Waals surface area contributed by atoms with Crippen molar-refractivity contribution < 1.29 is 31.4 Å². The van der Waals surface area contributed by atoms with Crippen molar-refractivity contribution in [1.82, 2.24) is 20.2 Å². The van der Waals surface area contributed by atoms with Crippen LogP contribution in [0.1, 0.15) is 16.7 Å². The summed E-state index contributed by atoms with van der Waals surface area (Å²) in [5, 5.41) is 11.9. The maximum absolute atomic E-state index is 13.1. The second-order valence-corrected chi connectivity index (χ2v) is 9.11. The van der Waals surface area contributed by atoms with Gasteiger partial charge in [0.25, 0.3) is 0 Å². The lowest BCUT2D eigenvalue weighted by Gasteiger charge is -2.20. The van der Waals surface area contributed by atoms with Crippen LogP contribution in [0.25, 0.3) is 17.1 Å². The van der Waals surface area contributed by atoms with Crippen molar-refractivity contribution in [3.05, 3.63) is 83.7 Å². The number of hydrogen-bond acceptors (Lipinski definition) is 6. The fourth-order valence-electron chi connectivity index (χ4n) is 3.66. The lowest BCUT2D eigenvalue weighted by Crippen LogP contribution is -2.41. The molecule has 2 N–H and O–H groups in total. The van der Waals surface area contributed by atoms with E-state index in [9.17, 15) is 22.0 Å². The van der Waals surface area contributed by atoms with Gasteiger partial charge in [-0.05, 0) is 79.2 Å². The largest absolute Gasteiger partial charge is 0.499 e. The Kier molecular flexibility index (Phi) is 8.52. The zero-order valence-corrected chi connectivity index (χ0v) is 22.6. The van der Waals surface area contributed by atoms with Crippen molar-refractivity contribution in [1.29, 1.82) is 0 Å². The van der Waals surface area contributed by atoms with E-state index in [0.717, 1.165) is 40.3 Å². The number of anilines is 1. The predicted octanol–water partition coefficient (Wildman–Crippen LogP) is 6.41. The molecule has 0 aliphatic carbocycles. The van der Waals surface area contributed by atoms with Crippen LogP contribution in [0.4, 0.5) is 27.6 Å². The highest BCUT2D eigenvalue weighted by Gasteiger charge is 2.61. The van der Waals surface area contributed by atoms with Gasteiger partial charge in [0.2, 0.25) is 0 Å². The van der Waals surface area contributed by atoms with Crippen LogP contribution in [0.5, 0.6) is 11.5 Å². The Bertz CT molecular complexity index is 1530. The fourth-order valence-corrected chi connectivity index (χ4v) is 3.81. The molecule has 8 nitrogen and oxygen atoms in total. The molecule has 0 atom stereocenters. The molecule has 0 unspecified atom stereocenters. The van der Waals surface area contributed by atoms with E-state index in [1.807, 2.05) is 26.0 Å². The molecule has 4 rings (SSSR count). The number of nitrogens with zero attached hydrogens (tertiary/aromatic N) is 4. The summed E-state index contributed by atoms with van der Waals surface area (Å²) in [6.07, 6.45) is -8.16. The maximum atomic E-state index is 13.1. The molecule has 3 aromatic carbocycles. The van der Waals surface area contributed by atoms with Gasteiger partial charge in [-0.25, -0.2) is 9.67 Å². The Hall–Kier alpha value is -4.59. The standard InChI is InChI=1S/C27H23F5N6O2S/c1-16-12-22(39-3)13-17(2)23(16)35-25(41)36-34-14-18-4-6-19(7-5-18)24-33-15-38(37-24)20-8-10-21(11-9-20)40-27(31,32)26(28,29)30/h4-15H,1-3H3,(H2,35,36,41)/b34-14+. The maximum Gasteiger partial charge on any atom is 0.499 e. The number of thiocarbonyl (C=S) groups is 1. The average molecular weight is 591 g/mol. The molecular formula is C27H23F5N6O2S. The SMILES string of the molecule is COc1cc(C)c(NC(=S)N/N=C/c2ccc(-c3ncn(-c4ccc(OC(F)(F)C(F)(F)F)cc4)n3)cc2)c(C)c1. The number of benzene rings is 3. The molecule has 1 aromatic heterocycles. The number of halogens is 5. The molecule has 1 heterocycles. The van der Waals surface area contributed by atoms with Crippen LogP contribution < -0.4 is 20.2 Å². The fraction of sp³-hybridized carbons (Fsp3) is 0.185. The topological polar surface area (TPSA) is 85.6 Å². The summed E-state index contributed by atoms with van der Waals surface area (Å²) in [4.78, 5) is 4.23. The molecule has 0 aliphatic heterocycles. The van der Waals surface area contributed by atoms with Gasteiger partial charge >= 0.3 is 12.3 Å². The van der Waals surface area contributed by atoms with Gasteiger partial charge in [0.05, 0.1) is 19.0 Å². The Morgan fingerprint density at radius 3 is 2.17 bits per heavy atom. The van der Waals surface area contributed by atoms with E-state index in [2.05, 4.69) is 30.7 Å². The smallest absolute Gasteiger partial charge is 0.497 e. The van der Waals surface area contributed by atoms with E-state index in [0.29, 0.717) is 22.2 Å². The van der Waals surface area contributed by atoms with E-state index < -0.39 is 18.0 Å². The third kappa shape index (κ3) is 7.14. The molecule has 41 heavy (non-hydrogen) atoms. The molecule has 4 aromatic rings. The first-order valence-corrected chi connectivity index (χ1v) is 12.3. The Morgan fingerprint density at radius 2 is 1.59 bits per heavy atom. The summed E-state index contributed by atoms with van der Waals surface area (Å²) in [5.41, 5.74) is 7.41. The van der Waals surface area contributed by atoms with Crippen molar-refractivity contribution in [2.75, 3.05) is 12.4 Å². The summed E-state index contributed by atoms with van der Waals surface area (Å²) < 4.78 is 73.6. The van der Waals surface area contributed by atoms with Gasteiger partial charge in [0.15, 0.2) is 10.9 Å². The molecule has 0 fully saturated rings. The molecule has 0 saturated heterocycles. The van der Waals surface area contributed by atoms with Gasteiger partial charge < -0.3 is 14.8 Å². The number of rotatable bonds is 8. The molecule has 0 spiro atoms. The van der Waals surface area contributed by atoms with Crippen molar-refractivity contribution in [3.8, 4) is 28.6 Å². The highest BCUT2D eigenvalue weighted by Crippen LogP contribution is 2.37. The second-order valence-electron chi connectivity index (χ2n) is 8.71. The van der Waals surface area contributed by atoms with E-state index >= 15 is 0 Å². The molecular weight excluding hydrogens is 567 g/mol. The third-order valence-electron chi connectivity index (χ3n) is 5.70. The highest BCUT2D eigenvalue weighted by atomic mass is 32.1. The lowest BCUT2D eigenvalue weighted by atomic mass is 10.1. The quantitative estimate of drug-likeness (QED) is 0.106. The minimum absolute atomic E-state index is 0.317. The highest BCUT2D eigenvalue weighted by molar-refractivity contribution is 7.80. The van der Waals surface area contributed by atoms with Crippen molar-refractivity contribution in [3.63, 3.8) is 0 Å². The lowest BCUT2D eigenvalue weighted by molar-refractivity contribution is -0.360. The number of methoxy groups -OCH3 is 1. The van der Waals surface area contributed by atoms with Gasteiger partial charge in [-0.3, -0.25) is 5.43 Å². The first-order chi connectivity index (χ1) is 19.4. The van der Waals surface area contributed by atoms with E-state index in [1.54, 1.807) is 37.6 Å². The van der Waals surface area contributed by atoms with Crippen LogP contribution in [0, 0.1) is 13.8 Å². The van der Waals surface area contributed by atoms with Gasteiger partial charge in [-0.2, -0.15) is 27.1 Å². The van der Waals surface area contributed by atoms with Crippen molar-refractivity contribution >= 4 is 29.2 Å². The summed E-state index contributed by atoms with van der Waals surface area (Å²) in [7, 11) is 1.61. The van der Waals surface area contributed by atoms with Crippen LogP contribution >= 0.6 is 12.2 Å². The van der Waals surface area contributed by atoms with Gasteiger partial charge in [0, 0.05) is 11.3 Å². The monoisotopic (exact) mass is 590 g/mol. The van der Waals surface area contributed by atoms with Crippen molar-refractivity contribution in [2.45, 2.75) is 26.1 Å². The van der Waals surface area contributed by atoms with Crippen molar-refractivity contribution in [2.24, 2.45) is 5.10 Å². The number of nitrogens with one attached hydrogen (secondary N) is 2. The summed E-state index contributed by atoms with van der Waals surface area (Å²) in [5.74, 6) is 0.478.